The molecule has 33 heavy (non-hydrogen) atoms. The zero-order chi connectivity index (χ0) is 23.4. The lowest BCUT2D eigenvalue weighted by molar-refractivity contribution is -0.142. The number of aromatic nitrogens is 1. The van der Waals surface area contributed by atoms with E-state index in [2.05, 4.69) is 15.0 Å². The number of nitrogens with zero attached hydrogens (tertiary/aromatic N) is 1. The summed E-state index contributed by atoms with van der Waals surface area (Å²) < 4.78 is 23.7. The van der Waals surface area contributed by atoms with Crippen molar-refractivity contribution in [2.75, 3.05) is 19.0 Å². The number of carbonyl (C=O) groups is 2. The second kappa shape index (κ2) is 9.67. The molecule has 1 aromatic heterocycles. The second-order valence-electron chi connectivity index (χ2n) is 7.04. The van der Waals surface area contributed by atoms with Crippen LogP contribution in [0.2, 0.25) is 5.02 Å². The minimum Gasteiger partial charge on any atom is -0.481 e. The Morgan fingerprint density at radius 1 is 1.03 bits per heavy atom. The van der Waals surface area contributed by atoms with Gasteiger partial charge in [0.1, 0.15) is 11.6 Å². The van der Waals surface area contributed by atoms with Gasteiger partial charge in [0.15, 0.2) is 6.61 Å². The van der Waals surface area contributed by atoms with E-state index in [9.17, 15) is 14.0 Å². The highest BCUT2D eigenvalue weighted by molar-refractivity contribution is 6.34. The molecule has 1 amide bonds. The molecular formula is C25H18ClFN2O4. The number of carbonyl (C=O) groups excluding carboxylic acids is 2. The number of hydrogen-bond donors (Lipinski definition) is 1. The first kappa shape index (κ1) is 22.2. The van der Waals surface area contributed by atoms with Crippen molar-refractivity contribution in [3.05, 3.63) is 89.2 Å². The number of nitrogens with one attached hydrogen (secondary N) is 1. The topological polar surface area (TPSA) is 77.5 Å². The molecule has 0 atom stereocenters. The van der Waals surface area contributed by atoms with Crippen molar-refractivity contribution in [3.63, 3.8) is 0 Å². The predicted octanol–water partition coefficient (Wildman–Crippen LogP) is 5.50. The van der Waals surface area contributed by atoms with E-state index in [1.165, 1.54) is 19.2 Å². The predicted molar refractivity (Wildman–Crippen MR) is 124 cm³/mol. The maximum Gasteiger partial charge on any atom is 0.343 e. The molecule has 1 heterocycles. The average molecular weight is 465 g/mol. The molecule has 166 valence electrons. The third-order valence-electron chi connectivity index (χ3n) is 4.86. The first-order valence-corrected chi connectivity index (χ1v) is 10.3. The van der Waals surface area contributed by atoms with E-state index >= 15 is 0 Å². The average Bonchev–Trinajstić information content (AvgIpc) is 2.83. The molecule has 1 N–H and O–H groups in total. The Balaban J connectivity index is 1.73. The molecule has 0 fully saturated rings. The number of pyridine rings is 1. The number of benzene rings is 3. The Morgan fingerprint density at radius 3 is 2.52 bits per heavy atom. The van der Waals surface area contributed by atoms with Crippen molar-refractivity contribution in [1.29, 1.82) is 0 Å². The largest absolute Gasteiger partial charge is 0.481 e. The molecule has 0 aliphatic heterocycles. The van der Waals surface area contributed by atoms with E-state index in [0.717, 1.165) is 0 Å². The quantitative estimate of drug-likeness (QED) is 0.381. The van der Waals surface area contributed by atoms with Gasteiger partial charge in [-0.25, -0.2) is 14.2 Å². The molecule has 0 bridgehead atoms. The molecule has 0 aliphatic carbocycles. The zero-order valence-corrected chi connectivity index (χ0v) is 18.2. The lowest BCUT2D eigenvalue weighted by Gasteiger charge is -2.13. The number of amides is 1. The van der Waals surface area contributed by atoms with Crippen LogP contribution in [0.4, 0.5) is 10.1 Å². The van der Waals surface area contributed by atoms with E-state index in [1.54, 1.807) is 60.7 Å². The lowest BCUT2D eigenvalue weighted by atomic mass is 10.1. The van der Waals surface area contributed by atoms with Crippen LogP contribution in [0.1, 0.15) is 10.4 Å². The van der Waals surface area contributed by atoms with Crippen molar-refractivity contribution in [3.8, 4) is 17.0 Å². The maximum atomic E-state index is 13.3. The van der Waals surface area contributed by atoms with Gasteiger partial charge < -0.3 is 14.8 Å². The summed E-state index contributed by atoms with van der Waals surface area (Å²) in [5.74, 6) is -0.918. The van der Waals surface area contributed by atoms with Crippen molar-refractivity contribution in [2.24, 2.45) is 0 Å². The number of halogens is 2. The minimum atomic E-state index is -0.550. The highest BCUT2D eigenvalue weighted by Crippen LogP contribution is 2.32. The number of ether oxygens (including phenoxy) is 2. The van der Waals surface area contributed by atoms with E-state index in [4.69, 9.17) is 16.3 Å². The van der Waals surface area contributed by atoms with Crippen LogP contribution >= 0.6 is 11.6 Å². The number of methoxy groups -OCH3 is 1. The molecule has 8 heteroatoms. The molecule has 0 saturated heterocycles. The van der Waals surface area contributed by atoms with Gasteiger partial charge >= 0.3 is 5.97 Å². The fraction of sp³-hybridized carbons (Fsp3) is 0.0800. The third-order valence-corrected chi connectivity index (χ3v) is 5.19. The van der Waals surface area contributed by atoms with Crippen molar-refractivity contribution >= 4 is 40.1 Å². The SMILES string of the molecule is COC(=O)COc1cc(-c2ccc(F)cc2)nc2ccc(NC(=O)c3ccccc3Cl)cc12. The molecule has 3 aromatic carbocycles. The molecular weight excluding hydrogens is 447 g/mol. The highest BCUT2D eigenvalue weighted by Gasteiger charge is 2.14. The van der Waals surface area contributed by atoms with Gasteiger partial charge in [-0.15, -0.1) is 0 Å². The van der Waals surface area contributed by atoms with Gasteiger partial charge in [0.2, 0.25) is 0 Å². The Morgan fingerprint density at radius 2 is 1.79 bits per heavy atom. The summed E-state index contributed by atoms with van der Waals surface area (Å²) in [6.07, 6.45) is 0. The summed E-state index contributed by atoms with van der Waals surface area (Å²) in [5.41, 5.74) is 2.61. The fourth-order valence-corrected chi connectivity index (χ4v) is 3.42. The van der Waals surface area contributed by atoms with E-state index in [1.807, 2.05) is 0 Å². The van der Waals surface area contributed by atoms with E-state index in [-0.39, 0.29) is 18.3 Å². The monoisotopic (exact) mass is 464 g/mol. The lowest BCUT2D eigenvalue weighted by Crippen LogP contribution is -2.13. The second-order valence-corrected chi connectivity index (χ2v) is 7.45. The van der Waals surface area contributed by atoms with Crippen molar-refractivity contribution in [1.82, 2.24) is 4.98 Å². The Labute approximate surface area is 193 Å². The molecule has 0 aliphatic rings. The highest BCUT2D eigenvalue weighted by atomic mass is 35.5. The zero-order valence-electron chi connectivity index (χ0n) is 17.5. The summed E-state index contributed by atoms with van der Waals surface area (Å²) in [4.78, 5) is 28.9. The van der Waals surface area contributed by atoms with Crippen LogP contribution in [-0.2, 0) is 9.53 Å². The first-order chi connectivity index (χ1) is 15.9. The van der Waals surface area contributed by atoms with Crippen LogP contribution in [0.3, 0.4) is 0 Å². The molecule has 0 saturated carbocycles. The minimum absolute atomic E-state index is 0.311. The third kappa shape index (κ3) is 5.10. The van der Waals surface area contributed by atoms with Crippen molar-refractivity contribution in [2.45, 2.75) is 0 Å². The first-order valence-electron chi connectivity index (χ1n) is 9.91. The van der Waals surface area contributed by atoms with Gasteiger partial charge in [-0.1, -0.05) is 23.7 Å². The maximum absolute atomic E-state index is 13.3. The van der Waals surface area contributed by atoms with Gasteiger partial charge in [-0.3, -0.25) is 4.79 Å². The molecule has 0 radical (unpaired) electrons. The van der Waals surface area contributed by atoms with E-state index in [0.29, 0.717) is 44.2 Å². The standard InChI is InChI=1S/C25H18ClFN2O4/c1-32-24(30)14-33-23-13-22(15-6-8-16(27)9-7-15)29-21-11-10-17(12-19(21)23)28-25(31)18-4-2-3-5-20(18)26/h2-13H,14H2,1H3,(H,28,31). The van der Waals surface area contributed by atoms with Crippen LogP contribution < -0.4 is 10.1 Å². The summed E-state index contributed by atoms with van der Waals surface area (Å²) in [5, 5.41) is 3.71. The number of hydrogen-bond acceptors (Lipinski definition) is 5. The number of anilines is 1. The fourth-order valence-electron chi connectivity index (χ4n) is 3.20. The molecule has 0 spiro atoms. The van der Waals surface area contributed by atoms with Gasteiger partial charge in [-0.2, -0.15) is 0 Å². The van der Waals surface area contributed by atoms with Gasteiger partial charge in [0.25, 0.3) is 5.91 Å². The van der Waals surface area contributed by atoms with Crippen LogP contribution in [0.15, 0.2) is 72.8 Å². The Bertz CT molecular complexity index is 1340. The normalized spacial score (nSPS) is 10.6. The summed E-state index contributed by atoms with van der Waals surface area (Å²) in [6, 6.07) is 19.4. The van der Waals surface area contributed by atoms with Gasteiger partial charge in [0, 0.05) is 22.7 Å². The van der Waals surface area contributed by atoms with Crippen molar-refractivity contribution < 1.29 is 23.5 Å². The van der Waals surface area contributed by atoms with Gasteiger partial charge in [0.05, 0.1) is 28.9 Å². The van der Waals surface area contributed by atoms with E-state index < -0.39 is 5.97 Å². The molecule has 6 nitrogen and oxygen atoms in total. The van der Waals surface area contributed by atoms with Crippen LogP contribution in [-0.4, -0.2) is 30.6 Å². The summed E-state index contributed by atoms with van der Waals surface area (Å²) >= 11 is 6.12. The molecule has 4 rings (SSSR count). The molecule has 0 unspecified atom stereocenters. The number of esters is 1. The Kier molecular flexibility index (Phi) is 6.51. The van der Waals surface area contributed by atoms with Crippen LogP contribution in [0, 0.1) is 5.82 Å². The Hall–Kier alpha value is -3.97. The summed E-state index contributed by atoms with van der Waals surface area (Å²) in [6.45, 7) is -0.311. The van der Waals surface area contributed by atoms with Crippen LogP contribution in [0.25, 0.3) is 22.2 Å². The summed E-state index contributed by atoms with van der Waals surface area (Å²) in [7, 11) is 1.27. The number of fused-ring (bicyclic) bond motifs is 1. The van der Waals surface area contributed by atoms with Crippen LogP contribution in [0.5, 0.6) is 5.75 Å². The van der Waals surface area contributed by atoms with Gasteiger partial charge in [-0.05, 0) is 54.6 Å². The smallest absolute Gasteiger partial charge is 0.343 e. The number of rotatable bonds is 6. The molecule has 4 aromatic rings.